The summed E-state index contributed by atoms with van der Waals surface area (Å²) in [6, 6.07) is 10.0. The summed E-state index contributed by atoms with van der Waals surface area (Å²) in [4.78, 5) is 11.0. The van der Waals surface area contributed by atoms with Crippen LogP contribution in [0.3, 0.4) is 0 Å². The van der Waals surface area contributed by atoms with Crippen molar-refractivity contribution in [1.82, 2.24) is 0 Å². The molecule has 26 heavy (non-hydrogen) atoms. The van der Waals surface area contributed by atoms with Gasteiger partial charge in [0.05, 0.1) is 5.76 Å². The van der Waals surface area contributed by atoms with Crippen LogP contribution in [0.15, 0.2) is 42.7 Å². The van der Waals surface area contributed by atoms with Crippen molar-refractivity contribution in [3.8, 4) is 0 Å². The van der Waals surface area contributed by atoms with E-state index >= 15 is 0 Å². The molecule has 5 heteroatoms. The molecule has 0 spiro atoms. The fraction of sp³-hybridized carbons (Fsp3) is 0.571. The van der Waals surface area contributed by atoms with Gasteiger partial charge in [0.25, 0.3) is 0 Å². The van der Waals surface area contributed by atoms with Crippen LogP contribution >= 0.6 is 0 Å². The number of carboxylic acid groups (broad SMARTS) is 1. The lowest BCUT2D eigenvalue weighted by Gasteiger charge is -2.39. The first-order valence-corrected chi connectivity index (χ1v) is 11.9. The first-order chi connectivity index (χ1) is 11.8. The monoisotopic (exact) mass is 380 g/mol. The molecule has 0 aromatic heterocycles. The van der Waals surface area contributed by atoms with E-state index in [0.29, 0.717) is 6.61 Å². The Hall–Kier alpha value is -1.59. The molecule has 148 valence electrons. The zero-order chi connectivity index (χ0) is 20.5. The Morgan fingerprint density at radius 1 is 1.19 bits per heavy atom. The summed E-state index contributed by atoms with van der Waals surface area (Å²) in [5.74, 6) is -0.0831. The van der Waals surface area contributed by atoms with Crippen LogP contribution in [0.25, 0.3) is 0 Å². The molecular weight excluding hydrogens is 344 g/mol. The Balaban J connectivity index is 0.000000502. The van der Waals surface area contributed by atoms with Gasteiger partial charge in [-0.3, -0.25) is 0 Å². The summed E-state index contributed by atoms with van der Waals surface area (Å²) < 4.78 is 11.1. The quantitative estimate of drug-likeness (QED) is 0.476. The Bertz CT molecular complexity index is 559. The number of hydrogen-bond acceptors (Lipinski definition) is 3. The predicted octanol–water partition coefficient (Wildman–Crippen LogP) is 5.85. The summed E-state index contributed by atoms with van der Waals surface area (Å²) >= 11 is 0. The fourth-order valence-electron chi connectivity index (χ4n) is 1.75. The maximum Gasteiger partial charge on any atom is 0.331 e. The van der Waals surface area contributed by atoms with Crippen molar-refractivity contribution in [2.24, 2.45) is 5.92 Å². The Morgan fingerprint density at radius 3 is 2.04 bits per heavy atom. The zero-order valence-electron chi connectivity index (χ0n) is 17.6. The predicted molar refractivity (Wildman–Crippen MR) is 111 cm³/mol. The second-order valence-corrected chi connectivity index (χ2v) is 13.1. The summed E-state index contributed by atoms with van der Waals surface area (Å²) in [5, 5.41) is 9.12. The topological polar surface area (TPSA) is 55.8 Å². The third-order valence-corrected chi connectivity index (χ3v) is 8.86. The Morgan fingerprint density at radius 2 is 1.69 bits per heavy atom. The van der Waals surface area contributed by atoms with Crippen molar-refractivity contribution in [2.45, 2.75) is 72.4 Å². The van der Waals surface area contributed by atoms with Crippen LogP contribution in [0.4, 0.5) is 0 Å². The second-order valence-electron chi connectivity index (χ2n) is 8.36. The van der Waals surface area contributed by atoms with E-state index in [4.69, 9.17) is 14.3 Å². The minimum atomic E-state index is -1.97. The van der Waals surface area contributed by atoms with E-state index in [9.17, 15) is 4.79 Å². The lowest BCUT2D eigenvalue weighted by atomic mass is 10.1. The van der Waals surface area contributed by atoms with E-state index in [1.54, 1.807) is 0 Å². The third kappa shape index (κ3) is 9.20. The number of ether oxygens (including phenoxy) is 1. The number of carboxylic acids is 1. The van der Waals surface area contributed by atoms with Gasteiger partial charge in [-0.15, -0.1) is 0 Å². The molecule has 1 aromatic carbocycles. The van der Waals surface area contributed by atoms with E-state index in [2.05, 4.69) is 40.4 Å². The number of hydrogen-bond donors (Lipinski definition) is 1. The van der Waals surface area contributed by atoms with Crippen molar-refractivity contribution in [2.75, 3.05) is 0 Å². The van der Waals surface area contributed by atoms with Gasteiger partial charge < -0.3 is 14.3 Å². The molecule has 1 N–H and O–H groups in total. The van der Waals surface area contributed by atoms with Crippen LogP contribution in [-0.4, -0.2) is 25.5 Å². The third-order valence-electron chi connectivity index (χ3n) is 4.40. The van der Waals surface area contributed by atoms with E-state index in [-0.39, 0.29) is 11.0 Å². The van der Waals surface area contributed by atoms with Crippen molar-refractivity contribution in [3.63, 3.8) is 0 Å². The molecule has 0 aliphatic carbocycles. The molecule has 0 saturated carbocycles. The van der Waals surface area contributed by atoms with Crippen LogP contribution in [0.1, 0.15) is 47.1 Å². The van der Waals surface area contributed by atoms with Gasteiger partial charge in [-0.1, -0.05) is 71.5 Å². The van der Waals surface area contributed by atoms with Crippen LogP contribution in [0.5, 0.6) is 0 Å². The van der Waals surface area contributed by atoms with Gasteiger partial charge in [0.2, 0.25) is 0 Å². The normalized spacial score (nSPS) is 12.8. The molecule has 1 aromatic rings. The van der Waals surface area contributed by atoms with Gasteiger partial charge >= 0.3 is 5.97 Å². The minimum absolute atomic E-state index is 0.0108. The highest BCUT2D eigenvalue weighted by molar-refractivity contribution is 6.74. The van der Waals surface area contributed by atoms with Crippen molar-refractivity contribution in [3.05, 3.63) is 48.2 Å². The van der Waals surface area contributed by atoms with Gasteiger partial charge in [-0.2, -0.15) is 0 Å². The lowest BCUT2D eigenvalue weighted by Crippen LogP contribution is -2.47. The van der Waals surface area contributed by atoms with Gasteiger partial charge in [-0.05, 0) is 36.5 Å². The molecule has 0 fully saturated rings. The number of benzene rings is 1. The number of allylic oxidation sites excluding steroid dienone is 1. The molecule has 0 radical (unpaired) electrons. The molecule has 0 amide bonds. The fourth-order valence-corrected chi connectivity index (χ4v) is 3.11. The van der Waals surface area contributed by atoms with E-state index in [0.717, 1.165) is 5.76 Å². The average molecular weight is 381 g/mol. The largest absolute Gasteiger partial charge is 0.494 e. The second kappa shape index (κ2) is 10.5. The van der Waals surface area contributed by atoms with Crippen LogP contribution in [-0.2, 0) is 20.6 Å². The van der Waals surface area contributed by atoms with Crippen LogP contribution in [0.2, 0.25) is 18.1 Å². The zero-order valence-corrected chi connectivity index (χ0v) is 18.6. The number of aliphatic carboxylic acids is 1. The standard InChI is InChI=1S/C11H24O3Si.C10H12O/c1-8(2)9(10(12)13)14-15(6,7)11(3,4)5;1-9(2)11-8-10-6-4-3-5-7-10/h8-9H,1-7H3,(H,12,13);3-7H,1,8H2,2H3/t9-;/m0./s1. The highest BCUT2D eigenvalue weighted by Crippen LogP contribution is 2.38. The molecule has 0 bridgehead atoms. The van der Waals surface area contributed by atoms with E-state index in [1.165, 1.54) is 5.56 Å². The first-order valence-electron chi connectivity index (χ1n) is 9.00. The molecule has 0 aliphatic heterocycles. The molecule has 4 nitrogen and oxygen atoms in total. The summed E-state index contributed by atoms with van der Waals surface area (Å²) in [6.45, 7) is 20.4. The van der Waals surface area contributed by atoms with Gasteiger partial charge in [-0.25, -0.2) is 4.79 Å². The van der Waals surface area contributed by atoms with Crippen molar-refractivity contribution in [1.29, 1.82) is 0 Å². The van der Waals surface area contributed by atoms with E-state index < -0.39 is 20.4 Å². The summed E-state index contributed by atoms with van der Waals surface area (Å²) in [6.07, 6.45) is -0.675. The molecule has 1 atom stereocenters. The molecule has 0 unspecified atom stereocenters. The van der Waals surface area contributed by atoms with E-state index in [1.807, 2.05) is 51.1 Å². The SMILES string of the molecule is C=C(C)OCc1ccccc1.CC(C)[C@H](O[Si](C)(C)C(C)(C)C)C(=O)O. The smallest absolute Gasteiger partial charge is 0.331 e. The molecule has 0 saturated heterocycles. The number of rotatable bonds is 7. The molecular formula is C21H36O4Si. The highest BCUT2D eigenvalue weighted by Gasteiger charge is 2.41. The van der Waals surface area contributed by atoms with Crippen LogP contribution in [0, 0.1) is 5.92 Å². The molecule has 0 heterocycles. The first kappa shape index (κ1) is 24.4. The maximum atomic E-state index is 11.0. The maximum absolute atomic E-state index is 11.0. The van der Waals surface area contributed by atoms with Crippen molar-refractivity contribution < 1.29 is 19.1 Å². The summed E-state index contributed by atoms with van der Waals surface area (Å²) in [7, 11) is -1.97. The number of carbonyl (C=O) groups is 1. The Kier molecular flexibility index (Phi) is 9.88. The molecule has 0 aliphatic rings. The highest BCUT2D eigenvalue weighted by atomic mass is 28.4. The Labute approximate surface area is 160 Å². The molecule has 1 rings (SSSR count). The minimum Gasteiger partial charge on any atom is -0.494 e. The van der Waals surface area contributed by atoms with Gasteiger partial charge in [0.15, 0.2) is 8.32 Å². The van der Waals surface area contributed by atoms with Gasteiger partial charge in [0, 0.05) is 0 Å². The van der Waals surface area contributed by atoms with Crippen LogP contribution < -0.4 is 0 Å². The van der Waals surface area contributed by atoms with Crippen molar-refractivity contribution >= 4 is 14.3 Å². The summed E-state index contributed by atoms with van der Waals surface area (Å²) in [5.41, 5.74) is 1.18. The average Bonchev–Trinajstić information content (AvgIpc) is 2.50. The van der Waals surface area contributed by atoms with Gasteiger partial charge in [0.1, 0.15) is 12.7 Å². The lowest BCUT2D eigenvalue weighted by molar-refractivity contribution is -0.147.